The van der Waals surface area contributed by atoms with Crippen LogP contribution in [-0.4, -0.2) is 18.4 Å². The van der Waals surface area contributed by atoms with Gasteiger partial charge in [0.25, 0.3) is 0 Å². The van der Waals surface area contributed by atoms with Crippen LogP contribution in [0.15, 0.2) is 0 Å². The molecule has 0 aromatic rings. The first-order valence-corrected chi connectivity index (χ1v) is 6.93. The van der Waals surface area contributed by atoms with Crippen LogP contribution >= 0.6 is 0 Å². The minimum atomic E-state index is -0.247. The highest BCUT2D eigenvalue weighted by molar-refractivity contribution is 5.86. The lowest BCUT2D eigenvalue weighted by atomic mass is 9.86. The van der Waals surface area contributed by atoms with Gasteiger partial charge < -0.3 is 4.74 Å². The summed E-state index contributed by atoms with van der Waals surface area (Å²) in [6.45, 7) is 12.3. The number of ether oxygens (including phenoxy) is 1. The van der Waals surface area contributed by atoms with Gasteiger partial charge in [-0.2, -0.15) is 0 Å². The molecule has 3 nitrogen and oxygen atoms in total. The molecule has 106 valence electrons. The Hall–Kier alpha value is -0.860. The normalized spacial score (nSPS) is 13.2. The first kappa shape index (κ1) is 17.1. The lowest BCUT2D eigenvalue weighted by molar-refractivity contribution is -0.148. The van der Waals surface area contributed by atoms with Crippen molar-refractivity contribution in [1.82, 2.24) is 0 Å². The van der Waals surface area contributed by atoms with E-state index in [1.54, 1.807) is 0 Å². The molecule has 0 aliphatic carbocycles. The van der Waals surface area contributed by atoms with Crippen LogP contribution in [-0.2, 0) is 14.3 Å². The molecule has 18 heavy (non-hydrogen) atoms. The van der Waals surface area contributed by atoms with Crippen LogP contribution in [0, 0.1) is 23.7 Å². The van der Waals surface area contributed by atoms with Gasteiger partial charge in [-0.25, -0.2) is 0 Å². The molecular weight excluding hydrogens is 228 g/mol. The summed E-state index contributed by atoms with van der Waals surface area (Å²) in [6.07, 6.45) is 0.982. The van der Waals surface area contributed by atoms with Crippen molar-refractivity contribution in [3.05, 3.63) is 0 Å². The van der Waals surface area contributed by atoms with E-state index >= 15 is 0 Å². The third-order valence-electron chi connectivity index (χ3n) is 2.72. The van der Waals surface area contributed by atoms with E-state index in [2.05, 4.69) is 13.8 Å². The predicted molar refractivity (Wildman–Crippen MR) is 73.2 cm³/mol. The zero-order valence-corrected chi connectivity index (χ0v) is 12.7. The van der Waals surface area contributed by atoms with Gasteiger partial charge in [0.15, 0.2) is 0 Å². The standard InChI is InChI=1S/C15H28O3/c1-10(2)7-13(15(17)12(5)6)8-14(16)18-9-11(3)4/h10-13H,7-9H2,1-6H3/t13-/m0/s1. The topological polar surface area (TPSA) is 43.4 Å². The lowest BCUT2D eigenvalue weighted by Gasteiger charge is -2.19. The van der Waals surface area contributed by atoms with Gasteiger partial charge in [0.05, 0.1) is 13.0 Å². The predicted octanol–water partition coefficient (Wildman–Crippen LogP) is 3.46. The van der Waals surface area contributed by atoms with Gasteiger partial charge in [-0.3, -0.25) is 9.59 Å². The SMILES string of the molecule is CC(C)COC(=O)C[C@H](CC(C)C)C(=O)C(C)C. The quantitative estimate of drug-likeness (QED) is 0.625. The molecule has 0 amide bonds. The highest BCUT2D eigenvalue weighted by Gasteiger charge is 2.25. The molecule has 0 unspecified atom stereocenters. The summed E-state index contributed by atoms with van der Waals surface area (Å²) in [5, 5.41) is 0. The van der Waals surface area contributed by atoms with E-state index in [4.69, 9.17) is 4.74 Å². The Morgan fingerprint density at radius 3 is 1.89 bits per heavy atom. The Kier molecular flexibility index (Phi) is 7.88. The fourth-order valence-electron chi connectivity index (χ4n) is 1.86. The summed E-state index contributed by atoms with van der Waals surface area (Å²) in [5.74, 6) is 0.457. The van der Waals surface area contributed by atoms with Crippen LogP contribution in [0.4, 0.5) is 0 Å². The third kappa shape index (κ3) is 7.46. The van der Waals surface area contributed by atoms with Crippen LogP contribution in [0.2, 0.25) is 0 Å². The average Bonchev–Trinajstić information content (AvgIpc) is 2.23. The largest absolute Gasteiger partial charge is 0.465 e. The Labute approximate surface area is 111 Å². The lowest BCUT2D eigenvalue weighted by Crippen LogP contribution is -2.25. The summed E-state index contributed by atoms with van der Waals surface area (Å²) in [4.78, 5) is 23.7. The number of hydrogen-bond acceptors (Lipinski definition) is 3. The molecule has 0 aliphatic heterocycles. The van der Waals surface area contributed by atoms with E-state index in [1.165, 1.54) is 0 Å². The highest BCUT2D eigenvalue weighted by Crippen LogP contribution is 2.21. The zero-order chi connectivity index (χ0) is 14.3. The molecule has 0 aliphatic rings. The summed E-state index contributed by atoms with van der Waals surface area (Å²) in [5.41, 5.74) is 0. The average molecular weight is 256 g/mol. The van der Waals surface area contributed by atoms with E-state index in [0.29, 0.717) is 18.4 Å². The van der Waals surface area contributed by atoms with Gasteiger partial charge in [-0.1, -0.05) is 41.5 Å². The smallest absolute Gasteiger partial charge is 0.306 e. The fourth-order valence-corrected chi connectivity index (χ4v) is 1.86. The molecule has 3 heteroatoms. The molecule has 0 spiro atoms. The maximum absolute atomic E-state index is 12.0. The van der Waals surface area contributed by atoms with Gasteiger partial charge >= 0.3 is 5.97 Å². The van der Waals surface area contributed by atoms with Crippen molar-refractivity contribution >= 4 is 11.8 Å². The van der Waals surface area contributed by atoms with Gasteiger partial charge in [0.2, 0.25) is 0 Å². The van der Waals surface area contributed by atoms with E-state index in [1.807, 2.05) is 27.7 Å². The van der Waals surface area contributed by atoms with Crippen LogP contribution in [0.3, 0.4) is 0 Å². The molecule has 0 heterocycles. The van der Waals surface area contributed by atoms with Crippen molar-refractivity contribution in [2.75, 3.05) is 6.61 Å². The second kappa shape index (κ2) is 8.28. The van der Waals surface area contributed by atoms with E-state index < -0.39 is 0 Å². The fraction of sp³-hybridized carbons (Fsp3) is 0.867. The first-order valence-electron chi connectivity index (χ1n) is 6.93. The van der Waals surface area contributed by atoms with E-state index in [-0.39, 0.29) is 30.0 Å². The third-order valence-corrected chi connectivity index (χ3v) is 2.72. The maximum Gasteiger partial charge on any atom is 0.306 e. The first-order chi connectivity index (χ1) is 8.23. The Bertz CT molecular complexity index is 267. The number of carbonyl (C=O) groups excluding carboxylic acids is 2. The van der Waals surface area contributed by atoms with Crippen LogP contribution in [0.25, 0.3) is 0 Å². The molecule has 0 aromatic carbocycles. The number of carbonyl (C=O) groups is 2. The van der Waals surface area contributed by atoms with Gasteiger partial charge in [-0.05, 0) is 18.3 Å². The molecule has 0 radical (unpaired) electrons. The van der Waals surface area contributed by atoms with Crippen LogP contribution in [0.5, 0.6) is 0 Å². The number of rotatable bonds is 8. The van der Waals surface area contributed by atoms with Crippen molar-refractivity contribution in [2.45, 2.75) is 54.4 Å². The van der Waals surface area contributed by atoms with Crippen molar-refractivity contribution in [3.63, 3.8) is 0 Å². The summed E-state index contributed by atoms with van der Waals surface area (Å²) < 4.78 is 5.15. The number of hydrogen-bond donors (Lipinski definition) is 0. The van der Waals surface area contributed by atoms with Gasteiger partial charge in [0.1, 0.15) is 5.78 Å². The van der Waals surface area contributed by atoms with Crippen molar-refractivity contribution in [1.29, 1.82) is 0 Å². The number of esters is 1. The summed E-state index contributed by atoms with van der Waals surface area (Å²) in [7, 11) is 0. The molecule has 0 aromatic heterocycles. The van der Waals surface area contributed by atoms with Crippen LogP contribution in [0.1, 0.15) is 54.4 Å². The molecule has 0 rings (SSSR count). The zero-order valence-electron chi connectivity index (χ0n) is 12.7. The van der Waals surface area contributed by atoms with Crippen LogP contribution < -0.4 is 0 Å². The molecule has 0 saturated carbocycles. The Balaban J connectivity index is 4.40. The highest BCUT2D eigenvalue weighted by atomic mass is 16.5. The minimum absolute atomic E-state index is 0.0216. The second-order valence-electron chi connectivity index (χ2n) is 6.16. The number of Topliss-reactive ketones (excluding diaryl/α,β-unsaturated/α-hetero) is 1. The van der Waals surface area contributed by atoms with E-state index in [9.17, 15) is 9.59 Å². The summed E-state index contributed by atoms with van der Waals surface area (Å²) >= 11 is 0. The summed E-state index contributed by atoms with van der Waals surface area (Å²) in [6, 6.07) is 0. The van der Waals surface area contributed by atoms with Crippen molar-refractivity contribution in [3.8, 4) is 0 Å². The molecule has 0 N–H and O–H groups in total. The Morgan fingerprint density at radius 2 is 1.50 bits per heavy atom. The second-order valence-corrected chi connectivity index (χ2v) is 6.16. The Morgan fingerprint density at radius 1 is 0.944 bits per heavy atom. The molecule has 1 atom stereocenters. The molecule has 0 saturated heterocycles. The molecule has 0 bridgehead atoms. The molecular formula is C15H28O3. The molecule has 0 fully saturated rings. The minimum Gasteiger partial charge on any atom is -0.465 e. The van der Waals surface area contributed by atoms with E-state index in [0.717, 1.165) is 6.42 Å². The number of ketones is 1. The van der Waals surface area contributed by atoms with Crippen molar-refractivity contribution in [2.24, 2.45) is 23.7 Å². The van der Waals surface area contributed by atoms with Crippen molar-refractivity contribution < 1.29 is 14.3 Å². The van der Waals surface area contributed by atoms with Gasteiger partial charge in [-0.15, -0.1) is 0 Å². The van der Waals surface area contributed by atoms with Gasteiger partial charge in [0, 0.05) is 11.8 Å². The monoisotopic (exact) mass is 256 g/mol. The maximum atomic E-state index is 12.0.